The molecule has 2 heterocycles. The molecule has 1 aromatic carbocycles. The fraction of sp³-hybridized carbons (Fsp3) is 0.368. The third kappa shape index (κ3) is 4.21. The summed E-state index contributed by atoms with van der Waals surface area (Å²) in [5, 5.41) is 11.3. The van der Waals surface area contributed by atoms with Crippen molar-refractivity contribution >= 4 is 23.2 Å². The maximum Gasteiger partial charge on any atom is 0.229 e. The van der Waals surface area contributed by atoms with E-state index in [9.17, 15) is 9.59 Å². The molecule has 6 heteroatoms. The van der Waals surface area contributed by atoms with Gasteiger partial charge in [0, 0.05) is 24.3 Å². The van der Waals surface area contributed by atoms with Gasteiger partial charge in [-0.05, 0) is 63.1 Å². The van der Waals surface area contributed by atoms with Gasteiger partial charge in [0.05, 0.1) is 11.6 Å². The van der Waals surface area contributed by atoms with Crippen LogP contribution < -0.4 is 10.2 Å². The molecular weight excluding hydrogens is 316 g/mol. The molecule has 1 N–H and O–H groups in total. The first-order valence-electron chi connectivity index (χ1n) is 8.50. The minimum atomic E-state index is -0.0932. The van der Waals surface area contributed by atoms with Crippen molar-refractivity contribution in [3.05, 3.63) is 47.7 Å². The molecular formula is C19H22N4O2. The molecule has 1 amide bonds. The third-order valence-corrected chi connectivity index (χ3v) is 4.46. The molecule has 2 aromatic rings. The number of rotatable bonds is 4. The molecule has 130 valence electrons. The zero-order valence-electron chi connectivity index (χ0n) is 14.5. The van der Waals surface area contributed by atoms with Gasteiger partial charge in [-0.1, -0.05) is 0 Å². The van der Waals surface area contributed by atoms with E-state index in [0.717, 1.165) is 30.9 Å². The Hall–Kier alpha value is -2.76. The van der Waals surface area contributed by atoms with E-state index >= 15 is 0 Å². The van der Waals surface area contributed by atoms with Gasteiger partial charge in [0.15, 0.2) is 11.6 Å². The van der Waals surface area contributed by atoms with Crippen LogP contribution in [0.2, 0.25) is 0 Å². The van der Waals surface area contributed by atoms with Gasteiger partial charge >= 0.3 is 0 Å². The van der Waals surface area contributed by atoms with Crippen LogP contribution >= 0.6 is 0 Å². The summed E-state index contributed by atoms with van der Waals surface area (Å²) < 4.78 is 0. The molecule has 1 aromatic heterocycles. The average molecular weight is 338 g/mol. The standard InChI is InChI=1S/C19H22N4O2/c1-13-5-10-18(22-21-13)23-11-3-4-16(12-23)19(25)20-17-8-6-15(7-9-17)14(2)24/h5-10,16H,3-4,11-12H2,1-2H3,(H,20,25). The second-order valence-corrected chi connectivity index (χ2v) is 6.44. The van der Waals surface area contributed by atoms with Crippen LogP contribution in [0.4, 0.5) is 11.5 Å². The maximum atomic E-state index is 12.6. The highest BCUT2D eigenvalue weighted by Crippen LogP contribution is 2.22. The lowest BCUT2D eigenvalue weighted by molar-refractivity contribution is -0.120. The quantitative estimate of drug-likeness (QED) is 0.868. The molecule has 1 atom stereocenters. The highest BCUT2D eigenvalue weighted by molar-refractivity contribution is 5.96. The van der Waals surface area contributed by atoms with Crippen LogP contribution in [0.3, 0.4) is 0 Å². The van der Waals surface area contributed by atoms with Crippen LogP contribution in [0.1, 0.15) is 35.8 Å². The number of hydrogen-bond acceptors (Lipinski definition) is 5. The van der Waals surface area contributed by atoms with Gasteiger partial charge in [0.2, 0.25) is 5.91 Å². The third-order valence-electron chi connectivity index (χ3n) is 4.46. The number of amides is 1. The maximum absolute atomic E-state index is 12.6. The monoisotopic (exact) mass is 338 g/mol. The zero-order chi connectivity index (χ0) is 17.8. The number of nitrogens with one attached hydrogen (secondary N) is 1. The first kappa shape index (κ1) is 17.1. The highest BCUT2D eigenvalue weighted by atomic mass is 16.2. The molecule has 0 radical (unpaired) electrons. The van der Waals surface area contributed by atoms with Gasteiger partial charge in [0.25, 0.3) is 0 Å². The predicted molar refractivity (Wildman–Crippen MR) is 96.8 cm³/mol. The van der Waals surface area contributed by atoms with E-state index in [1.54, 1.807) is 24.3 Å². The van der Waals surface area contributed by atoms with Crippen molar-refractivity contribution in [1.82, 2.24) is 10.2 Å². The molecule has 3 rings (SSSR count). The first-order chi connectivity index (χ1) is 12.0. The Balaban J connectivity index is 1.63. The number of piperidine rings is 1. The number of anilines is 2. The van der Waals surface area contributed by atoms with E-state index in [2.05, 4.69) is 20.4 Å². The molecule has 0 aliphatic carbocycles. The normalized spacial score (nSPS) is 17.2. The van der Waals surface area contributed by atoms with Crippen molar-refractivity contribution in [2.75, 3.05) is 23.3 Å². The second kappa shape index (κ2) is 7.42. The largest absolute Gasteiger partial charge is 0.354 e. The van der Waals surface area contributed by atoms with E-state index in [4.69, 9.17) is 0 Å². The zero-order valence-corrected chi connectivity index (χ0v) is 14.5. The Bertz CT molecular complexity index is 756. The van der Waals surface area contributed by atoms with Crippen LogP contribution in [0, 0.1) is 12.8 Å². The minimum absolute atomic E-state index is 0.000320. The number of ketones is 1. The Morgan fingerprint density at radius 1 is 1.12 bits per heavy atom. The topological polar surface area (TPSA) is 75.2 Å². The number of carbonyl (C=O) groups excluding carboxylic acids is 2. The Morgan fingerprint density at radius 3 is 2.52 bits per heavy atom. The fourth-order valence-corrected chi connectivity index (χ4v) is 2.99. The number of benzene rings is 1. The van der Waals surface area contributed by atoms with Crippen LogP contribution in [0.15, 0.2) is 36.4 Å². The van der Waals surface area contributed by atoms with E-state index in [1.807, 2.05) is 19.1 Å². The lowest BCUT2D eigenvalue weighted by atomic mass is 9.97. The summed E-state index contributed by atoms with van der Waals surface area (Å²) in [4.78, 5) is 26.0. The molecule has 0 spiro atoms. The molecule has 1 aliphatic heterocycles. The Morgan fingerprint density at radius 2 is 1.88 bits per heavy atom. The number of hydrogen-bond donors (Lipinski definition) is 1. The summed E-state index contributed by atoms with van der Waals surface area (Å²) in [5.41, 5.74) is 2.23. The summed E-state index contributed by atoms with van der Waals surface area (Å²) in [5.74, 6) is 0.735. The van der Waals surface area contributed by atoms with Gasteiger partial charge in [0.1, 0.15) is 0 Å². The van der Waals surface area contributed by atoms with Gasteiger partial charge < -0.3 is 10.2 Å². The molecule has 6 nitrogen and oxygen atoms in total. The first-order valence-corrected chi connectivity index (χ1v) is 8.50. The summed E-state index contributed by atoms with van der Waals surface area (Å²) >= 11 is 0. The van der Waals surface area contributed by atoms with Crippen LogP contribution in [-0.4, -0.2) is 35.0 Å². The van der Waals surface area contributed by atoms with E-state index < -0.39 is 0 Å². The van der Waals surface area contributed by atoms with E-state index in [1.165, 1.54) is 6.92 Å². The molecule has 1 aliphatic rings. The molecule has 1 saturated heterocycles. The molecule has 0 saturated carbocycles. The number of carbonyl (C=O) groups is 2. The Kier molecular flexibility index (Phi) is 5.07. The number of Topliss-reactive ketones (excluding diaryl/α,β-unsaturated/α-hetero) is 1. The van der Waals surface area contributed by atoms with E-state index in [0.29, 0.717) is 17.8 Å². The number of nitrogens with zero attached hydrogens (tertiary/aromatic N) is 3. The van der Waals surface area contributed by atoms with Gasteiger partial charge in [-0.2, -0.15) is 5.10 Å². The van der Waals surface area contributed by atoms with Crippen molar-refractivity contribution in [1.29, 1.82) is 0 Å². The summed E-state index contributed by atoms with van der Waals surface area (Å²) in [7, 11) is 0. The lowest BCUT2D eigenvalue weighted by Gasteiger charge is -2.32. The highest BCUT2D eigenvalue weighted by Gasteiger charge is 2.26. The van der Waals surface area contributed by atoms with Gasteiger partial charge in [-0.3, -0.25) is 9.59 Å². The SMILES string of the molecule is CC(=O)c1ccc(NC(=O)C2CCCN(c3ccc(C)nn3)C2)cc1. The van der Waals surface area contributed by atoms with Gasteiger partial charge in [-0.25, -0.2) is 0 Å². The fourth-order valence-electron chi connectivity index (χ4n) is 2.99. The summed E-state index contributed by atoms with van der Waals surface area (Å²) in [6.07, 6.45) is 1.80. The molecule has 25 heavy (non-hydrogen) atoms. The summed E-state index contributed by atoms with van der Waals surface area (Å²) in [6, 6.07) is 10.9. The molecule has 1 fully saturated rings. The second-order valence-electron chi connectivity index (χ2n) is 6.44. The van der Waals surface area contributed by atoms with E-state index in [-0.39, 0.29) is 17.6 Å². The van der Waals surface area contributed by atoms with Crippen molar-refractivity contribution in [3.63, 3.8) is 0 Å². The number of aryl methyl sites for hydroxylation is 1. The predicted octanol–water partition coefficient (Wildman–Crippen LogP) is 2.84. The van der Waals surface area contributed by atoms with Crippen LogP contribution in [-0.2, 0) is 4.79 Å². The summed E-state index contributed by atoms with van der Waals surface area (Å²) in [6.45, 7) is 4.95. The van der Waals surface area contributed by atoms with Crippen LogP contribution in [0.25, 0.3) is 0 Å². The van der Waals surface area contributed by atoms with Crippen LogP contribution in [0.5, 0.6) is 0 Å². The van der Waals surface area contributed by atoms with Crippen molar-refractivity contribution < 1.29 is 9.59 Å². The van der Waals surface area contributed by atoms with Crippen molar-refractivity contribution in [2.45, 2.75) is 26.7 Å². The molecule has 1 unspecified atom stereocenters. The number of aromatic nitrogens is 2. The Labute approximate surface area is 147 Å². The average Bonchev–Trinajstić information content (AvgIpc) is 2.63. The van der Waals surface area contributed by atoms with Crippen molar-refractivity contribution in [2.24, 2.45) is 5.92 Å². The lowest BCUT2D eigenvalue weighted by Crippen LogP contribution is -2.41. The van der Waals surface area contributed by atoms with Crippen molar-refractivity contribution in [3.8, 4) is 0 Å². The minimum Gasteiger partial charge on any atom is -0.354 e. The smallest absolute Gasteiger partial charge is 0.229 e. The van der Waals surface area contributed by atoms with Gasteiger partial charge in [-0.15, -0.1) is 5.10 Å². The molecule has 0 bridgehead atoms.